The molecule has 5 nitrogen and oxygen atoms in total. The fraction of sp³-hybridized carbons (Fsp3) is 0.538. The molecule has 2 N–H and O–H groups in total. The molecule has 1 fully saturated rings. The highest BCUT2D eigenvalue weighted by atomic mass is 16.5. The van der Waals surface area contributed by atoms with Gasteiger partial charge in [0.05, 0.1) is 19.3 Å². The molecule has 98 valence electrons. The van der Waals surface area contributed by atoms with Crippen molar-refractivity contribution in [1.82, 2.24) is 10.3 Å². The van der Waals surface area contributed by atoms with Crippen molar-refractivity contribution in [3.63, 3.8) is 0 Å². The van der Waals surface area contributed by atoms with Gasteiger partial charge in [0.25, 0.3) is 5.91 Å². The lowest BCUT2D eigenvalue weighted by atomic mass is 9.96. The highest BCUT2D eigenvalue weighted by Crippen LogP contribution is 2.39. The zero-order chi connectivity index (χ0) is 13.2. The van der Waals surface area contributed by atoms with Crippen LogP contribution in [0.1, 0.15) is 30.1 Å². The van der Waals surface area contributed by atoms with Gasteiger partial charge in [-0.3, -0.25) is 4.79 Å². The van der Waals surface area contributed by atoms with E-state index in [1.807, 2.05) is 6.92 Å². The van der Waals surface area contributed by atoms with Gasteiger partial charge < -0.3 is 15.2 Å². The summed E-state index contributed by atoms with van der Waals surface area (Å²) in [6, 6.07) is 3.34. The average molecular weight is 250 g/mol. The zero-order valence-corrected chi connectivity index (χ0v) is 10.6. The highest BCUT2D eigenvalue weighted by molar-refractivity contribution is 5.96. The minimum absolute atomic E-state index is 0.0635. The number of rotatable bonds is 5. The first-order valence-corrected chi connectivity index (χ1v) is 6.03. The maximum atomic E-state index is 12.2. The predicted molar refractivity (Wildman–Crippen MR) is 66.5 cm³/mol. The van der Waals surface area contributed by atoms with Crippen molar-refractivity contribution in [3.05, 3.63) is 23.9 Å². The molecule has 2 rings (SSSR count). The number of hydrogen-bond acceptors (Lipinski definition) is 4. The number of pyridine rings is 1. The fourth-order valence-corrected chi connectivity index (χ4v) is 2.04. The highest BCUT2D eigenvalue weighted by Gasteiger charge is 2.42. The van der Waals surface area contributed by atoms with Crippen molar-refractivity contribution >= 4 is 5.91 Å². The number of ether oxygens (including phenoxy) is 1. The Kier molecular flexibility index (Phi) is 3.52. The largest absolute Gasteiger partial charge is 0.480 e. The summed E-state index contributed by atoms with van der Waals surface area (Å²) < 4.78 is 5.06. The molecule has 1 aromatic rings. The number of nitrogens with zero attached hydrogens (tertiary/aromatic N) is 1. The molecule has 1 aromatic heterocycles. The van der Waals surface area contributed by atoms with Crippen LogP contribution in [0.3, 0.4) is 0 Å². The Morgan fingerprint density at radius 3 is 2.94 bits per heavy atom. The van der Waals surface area contributed by atoms with E-state index in [0.29, 0.717) is 17.4 Å². The van der Waals surface area contributed by atoms with Crippen LogP contribution in [0.25, 0.3) is 0 Å². The van der Waals surface area contributed by atoms with E-state index in [9.17, 15) is 9.90 Å². The molecule has 0 radical (unpaired) electrons. The summed E-state index contributed by atoms with van der Waals surface area (Å²) in [5.41, 5.74) is -0.168. The lowest BCUT2D eigenvalue weighted by Gasteiger charge is -2.28. The lowest BCUT2D eigenvalue weighted by molar-refractivity contribution is 0.0821. The smallest absolute Gasteiger partial charge is 0.257 e. The van der Waals surface area contributed by atoms with Crippen molar-refractivity contribution in [3.8, 4) is 5.88 Å². The van der Waals surface area contributed by atoms with E-state index in [0.717, 1.165) is 12.8 Å². The first kappa shape index (κ1) is 12.8. The third-order valence-corrected chi connectivity index (χ3v) is 3.42. The van der Waals surface area contributed by atoms with E-state index >= 15 is 0 Å². The van der Waals surface area contributed by atoms with E-state index in [4.69, 9.17) is 4.74 Å². The molecule has 0 spiro atoms. The fourth-order valence-electron chi connectivity index (χ4n) is 2.04. The molecule has 1 heterocycles. The Morgan fingerprint density at radius 2 is 2.39 bits per heavy atom. The van der Waals surface area contributed by atoms with E-state index in [1.54, 1.807) is 18.3 Å². The van der Waals surface area contributed by atoms with E-state index < -0.39 is 5.54 Å². The van der Waals surface area contributed by atoms with Crippen LogP contribution in [-0.4, -0.2) is 35.3 Å². The van der Waals surface area contributed by atoms with Gasteiger partial charge in [0.15, 0.2) is 0 Å². The standard InChI is InChI=1S/C13H18N2O3/c1-13(8-16,9-5-6-9)15-11(17)10-4-3-7-14-12(10)18-2/h3-4,7,9,16H,5-6,8H2,1-2H3,(H,15,17). The number of carbonyl (C=O) groups is 1. The molecule has 0 aromatic carbocycles. The van der Waals surface area contributed by atoms with Gasteiger partial charge >= 0.3 is 0 Å². The number of methoxy groups -OCH3 is 1. The van der Waals surface area contributed by atoms with Crippen LogP contribution in [0.5, 0.6) is 5.88 Å². The number of hydrogen-bond donors (Lipinski definition) is 2. The zero-order valence-electron chi connectivity index (χ0n) is 10.6. The molecule has 1 saturated carbocycles. The molecule has 1 aliphatic rings. The Balaban J connectivity index is 2.16. The van der Waals surface area contributed by atoms with Crippen LogP contribution in [0.4, 0.5) is 0 Å². The summed E-state index contributed by atoms with van der Waals surface area (Å²) in [6.45, 7) is 1.80. The Hall–Kier alpha value is -1.62. The number of aliphatic hydroxyl groups is 1. The maximum Gasteiger partial charge on any atom is 0.257 e. The predicted octanol–water partition coefficient (Wildman–Crippen LogP) is 0.981. The van der Waals surface area contributed by atoms with Gasteiger partial charge in [-0.1, -0.05) is 0 Å². The average Bonchev–Trinajstić information content (AvgIpc) is 3.23. The number of amides is 1. The van der Waals surface area contributed by atoms with E-state index in [-0.39, 0.29) is 12.5 Å². The molecule has 18 heavy (non-hydrogen) atoms. The van der Waals surface area contributed by atoms with Gasteiger partial charge in [0.2, 0.25) is 5.88 Å². The first-order valence-electron chi connectivity index (χ1n) is 6.03. The number of carbonyl (C=O) groups excluding carboxylic acids is 1. The molecular formula is C13H18N2O3. The molecule has 1 atom stereocenters. The normalized spacial score (nSPS) is 17.9. The Bertz CT molecular complexity index is 446. The summed E-state index contributed by atoms with van der Waals surface area (Å²) in [5.74, 6) is 0.392. The summed E-state index contributed by atoms with van der Waals surface area (Å²) >= 11 is 0. The van der Waals surface area contributed by atoms with Crippen molar-refractivity contribution in [1.29, 1.82) is 0 Å². The number of aliphatic hydroxyl groups excluding tert-OH is 1. The van der Waals surface area contributed by atoms with Crippen LogP contribution < -0.4 is 10.1 Å². The maximum absolute atomic E-state index is 12.2. The van der Waals surface area contributed by atoms with Gasteiger partial charge in [0.1, 0.15) is 5.56 Å². The second kappa shape index (κ2) is 4.94. The van der Waals surface area contributed by atoms with Crippen molar-refractivity contribution in [2.24, 2.45) is 5.92 Å². The molecule has 1 amide bonds. The lowest BCUT2D eigenvalue weighted by Crippen LogP contribution is -2.50. The number of aromatic nitrogens is 1. The third-order valence-electron chi connectivity index (χ3n) is 3.42. The topological polar surface area (TPSA) is 71.5 Å². The molecule has 0 saturated heterocycles. The quantitative estimate of drug-likeness (QED) is 0.817. The van der Waals surface area contributed by atoms with Crippen molar-refractivity contribution in [2.75, 3.05) is 13.7 Å². The van der Waals surface area contributed by atoms with Crippen LogP contribution in [0, 0.1) is 5.92 Å². The van der Waals surface area contributed by atoms with Gasteiger partial charge in [-0.2, -0.15) is 0 Å². The molecular weight excluding hydrogens is 232 g/mol. The second-order valence-corrected chi connectivity index (χ2v) is 4.86. The van der Waals surface area contributed by atoms with Crippen molar-refractivity contribution in [2.45, 2.75) is 25.3 Å². The monoisotopic (exact) mass is 250 g/mol. The molecule has 5 heteroatoms. The molecule has 1 aliphatic carbocycles. The van der Waals surface area contributed by atoms with Crippen LogP contribution in [0.2, 0.25) is 0 Å². The van der Waals surface area contributed by atoms with Gasteiger partial charge in [0, 0.05) is 6.20 Å². The number of nitrogens with one attached hydrogen (secondary N) is 1. The van der Waals surface area contributed by atoms with Crippen LogP contribution in [0.15, 0.2) is 18.3 Å². The van der Waals surface area contributed by atoms with Gasteiger partial charge in [-0.15, -0.1) is 0 Å². The molecule has 0 bridgehead atoms. The summed E-state index contributed by atoms with van der Waals surface area (Å²) in [5, 5.41) is 12.3. The van der Waals surface area contributed by atoms with E-state index in [1.165, 1.54) is 7.11 Å². The van der Waals surface area contributed by atoms with Gasteiger partial charge in [-0.05, 0) is 37.8 Å². The third kappa shape index (κ3) is 2.46. The van der Waals surface area contributed by atoms with Crippen molar-refractivity contribution < 1.29 is 14.6 Å². The summed E-state index contributed by atoms with van der Waals surface area (Å²) in [4.78, 5) is 16.2. The minimum Gasteiger partial charge on any atom is -0.480 e. The van der Waals surface area contributed by atoms with Gasteiger partial charge in [-0.25, -0.2) is 4.98 Å². The summed E-state index contributed by atoms with van der Waals surface area (Å²) in [7, 11) is 1.48. The van der Waals surface area contributed by atoms with Crippen LogP contribution in [-0.2, 0) is 0 Å². The SMILES string of the molecule is COc1ncccc1C(=O)NC(C)(CO)C1CC1. The van der Waals surface area contributed by atoms with E-state index in [2.05, 4.69) is 10.3 Å². The van der Waals surface area contributed by atoms with Crippen LogP contribution >= 0.6 is 0 Å². The molecule has 1 unspecified atom stereocenters. The minimum atomic E-state index is -0.558. The Morgan fingerprint density at radius 1 is 1.67 bits per heavy atom. The summed E-state index contributed by atoms with van der Waals surface area (Å²) in [6.07, 6.45) is 3.66. The molecule has 0 aliphatic heterocycles. The first-order chi connectivity index (χ1) is 8.60. The second-order valence-electron chi connectivity index (χ2n) is 4.86. The Labute approximate surface area is 106 Å².